The van der Waals surface area contributed by atoms with Crippen LogP contribution in [0.4, 0.5) is 0 Å². The van der Waals surface area contributed by atoms with Gasteiger partial charge < -0.3 is 5.11 Å². The SMILES string of the molecule is CC(=O)C(=O)CCCCO.c1ccc(-c2ccccc2)cc1. The zero-order valence-electron chi connectivity index (χ0n) is 12.9. The molecule has 116 valence electrons. The number of rotatable bonds is 6. The average molecular weight is 298 g/mol. The van der Waals surface area contributed by atoms with Crippen LogP contribution in [0.1, 0.15) is 26.2 Å². The molecule has 2 rings (SSSR count). The van der Waals surface area contributed by atoms with Crippen molar-refractivity contribution in [3.05, 3.63) is 60.7 Å². The fourth-order valence-electron chi connectivity index (χ4n) is 1.83. The van der Waals surface area contributed by atoms with Crippen molar-refractivity contribution in [3.8, 4) is 11.1 Å². The standard InChI is InChI=1S/C12H10.C7H12O3/c1-3-7-11(8-4-1)12-9-5-2-6-10-12;1-6(9)7(10)4-2-3-5-8/h1-10H;8H,2-5H2,1H3. The normalized spacial score (nSPS) is 9.55. The highest BCUT2D eigenvalue weighted by molar-refractivity contribution is 6.36. The van der Waals surface area contributed by atoms with Crippen LogP contribution in [0.3, 0.4) is 0 Å². The Hall–Kier alpha value is -2.26. The molecule has 0 radical (unpaired) electrons. The number of carbonyl (C=O) groups excluding carboxylic acids is 2. The summed E-state index contributed by atoms with van der Waals surface area (Å²) in [6, 6.07) is 20.8. The summed E-state index contributed by atoms with van der Waals surface area (Å²) in [6.07, 6.45) is 1.48. The molecule has 2 aromatic carbocycles. The summed E-state index contributed by atoms with van der Waals surface area (Å²) in [4.78, 5) is 20.9. The van der Waals surface area contributed by atoms with Gasteiger partial charge in [-0.05, 0) is 24.0 Å². The van der Waals surface area contributed by atoms with Crippen molar-refractivity contribution >= 4 is 11.6 Å². The molecule has 3 nitrogen and oxygen atoms in total. The topological polar surface area (TPSA) is 54.4 Å². The second-order valence-electron chi connectivity index (χ2n) is 4.89. The Morgan fingerprint density at radius 2 is 1.27 bits per heavy atom. The first-order valence-electron chi connectivity index (χ1n) is 7.40. The Labute approximate surface area is 131 Å². The van der Waals surface area contributed by atoms with E-state index in [0.717, 1.165) is 0 Å². The molecular formula is C19H22O3. The number of Topliss-reactive ketones (excluding diaryl/α,β-unsaturated/α-hetero) is 2. The molecule has 0 aliphatic heterocycles. The van der Waals surface area contributed by atoms with Crippen molar-refractivity contribution in [3.63, 3.8) is 0 Å². The molecule has 0 aromatic heterocycles. The van der Waals surface area contributed by atoms with Gasteiger partial charge in [0.2, 0.25) is 0 Å². The van der Waals surface area contributed by atoms with Crippen LogP contribution in [-0.2, 0) is 9.59 Å². The van der Waals surface area contributed by atoms with Gasteiger partial charge in [0, 0.05) is 20.0 Å². The number of carbonyl (C=O) groups is 2. The Morgan fingerprint density at radius 1 is 0.818 bits per heavy atom. The van der Waals surface area contributed by atoms with Crippen LogP contribution in [0.15, 0.2) is 60.7 Å². The van der Waals surface area contributed by atoms with E-state index in [1.54, 1.807) is 0 Å². The Bertz CT molecular complexity index is 524. The van der Waals surface area contributed by atoms with E-state index in [4.69, 9.17) is 5.11 Å². The summed E-state index contributed by atoms with van der Waals surface area (Å²) >= 11 is 0. The third-order valence-corrected chi connectivity index (χ3v) is 3.09. The highest BCUT2D eigenvalue weighted by Gasteiger charge is 2.05. The van der Waals surface area contributed by atoms with Gasteiger partial charge in [0.05, 0.1) is 0 Å². The van der Waals surface area contributed by atoms with Crippen LogP contribution < -0.4 is 0 Å². The predicted molar refractivity (Wildman–Crippen MR) is 88.5 cm³/mol. The summed E-state index contributed by atoms with van der Waals surface area (Å²) in [6.45, 7) is 1.35. The molecule has 0 unspecified atom stereocenters. The van der Waals surface area contributed by atoms with E-state index in [-0.39, 0.29) is 18.8 Å². The molecule has 0 saturated heterocycles. The predicted octanol–water partition coefficient (Wildman–Crippen LogP) is 3.66. The van der Waals surface area contributed by atoms with Gasteiger partial charge >= 0.3 is 0 Å². The largest absolute Gasteiger partial charge is 0.396 e. The quantitative estimate of drug-likeness (QED) is 0.654. The lowest BCUT2D eigenvalue weighted by Crippen LogP contribution is -2.08. The number of aliphatic hydroxyl groups excluding tert-OH is 1. The molecule has 0 heterocycles. The number of unbranched alkanes of at least 4 members (excludes halogenated alkanes) is 1. The fourth-order valence-corrected chi connectivity index (χ4v) is 1.83. The maximum atomic E-state index is 10.6. The molecular weight excluding hydrogens is 276 g/mol. The number of benzene rings is 2. The van der Waals surface area contributed by atoms with E-state index in [0.29, 0.717) is 12.8 Å². The fraction of sp³-hybridized carbons (Fsp3) is 0.263. The van der Waals surface area contributed by atoms with Crippen molar-refractivity contribution in [2.75, 3.05) is 6.61 Å². The molecule has 2 aromatic rings. The smallest absolute Gasteiger partial charge is 0.198 e. The minimum atomic E-state index is -0.391. The van der Waals surface area contributed by atoms with Crippen LogP contribution in [0, 0.1) is 0 Å². The third-order valence-electron chi connectivity index (χ3n) is 3.09. The van der Waals surface area contributed by atoms with Gasteiger partial charge in [-0.15, -0.1) is 0 Å². The third kappa shape index (κ3) is 6.95. The lowest BCUT2D eigenvalue weighted by molar-refractivity contribution is -0.135. The highest BCUT2D eigenvalue weighted by Crippen LogP contribution is 2.17. The molecule has 0 amide bonds. The zero-order chi connectivity index (χ0) is 16.2. The Morgan fingerprint density at radius 3 is 1.64 bits per heavy atom. The van der Waals surface area contributed by atoms with Gasteiger partial charge in [-0.25, -0.2) is 0 Å². The van der Waals surface area contributed by atoms with Crippen molar-refractivity contribution in [1.82, 2.24) is 0 Å². The molecule has 0 spiro atoms. The van der Waals surface area contributed by atoms with E-state index in [2.05, 4.69) is 48.5 Å². The Kier molecular flexibility index (Phi) is 8.46. The van der Waals surface area contributed by atoms with Crippen molar-refractivity contribution in [1.29, 1.82) is 0 Å². The molecule has 3 heteroatoms. The Balaban J connectivity index is 0.000000225. The number of ketones is 2. The monoisotopic (exact) mass is 298 g/mol. The number of hydrogen-bond donors (Lipinski definition) is 1. The van der Waals surface area contributed by atoms with E-state index < -0.39 is 5.78 Å². The van der Waals surface area contributed by atoms with Crippen LogP contribution in [-0.4, -0.2) is 23.3 Å². The first kappa shape index (κ1) is 17.8. The van der Waals surface area contributed by atoms with Gasteiger partial charge in [0.1, 0.15) is 0 Å². The molecule has 0 bridgehead atoms. The minimum Gasteiger partial charge on any atom is -0.396 e. The minimum absolute atomic E-state index is 0.0885. The summed E-state index contributed by atoms with van der Waals surface area (Å²) < 4.78 is 0. The van der Waals surface area contributed by atoms with Crippen LogP contribution >= 0.6 is 0 Å². The van der Waals surface area contributed by atoms with E-state index in [1.165, 1.54) is 18.1 Å². The number of aliphatic hydroxyl groups is 1. The second kappa shape index (κ2) is 10.5. The highest BCUT2D eigenvalue weighted by atomic mass is 16.3. The van der Waals surface area contributed by atoms with Gasteiger partial charge in [0.15, 0.2) is 11.6 Å². The van der Waals surface area contributed by atoms with Gasteiger partial charge in [-0.2, -0.15) is 0 Å². The van der Waals surface area contributed by atoms with Gasteiger partial charge in [-0.3, -0.25) is 9.59 Å². The molecule has 0 saturated carbocycles. The number of hydrogen-bond acceptors (Lipinski definition) is 3. The van der Waals surface area contributed by atoms with Crippen molar-refractivity contribution in [2.24, 2.45) is 0 Å². The van der Waals surface area contributed by atoms with Crippen LogP contribution in [0.2, 0.25) is 0 Å². The van der Waals surface area contributed by atoms with E-state index in [9.17, 15) is 9.59 Å². The molecule has 0 aliphatic rings. The van der Waals surface area contributed by atoms with E-state index in [1.807, 2.05) is 12.1 Å². The lowest BCUT2D eigenvalue weighted by Gasteiger charge is -1.98. The average Bonchev–Trinajstić information content (AvgIpc) is 2.57. The molecule has 22 heavy (non-hydrogen) atoms. The first-order valence-corrected chi connectivity index (χ1v) is 7.40. The molecule has 0 atom stereocenters. The molecule has 0 aliphatic carbocycles. The molecule has 1 N–H and O–H groups in total. The molecule has 0 fully saturated rings. The van der Waals surface area contributed by atoms with Crippen molar-refractivity contribution < 1.29 is 14.7 Å². The summed E-state index contributed by atoms with van der Waals surface area (Å²) in [5.41, 5.74) is 2.55. The van der Waals surface area contributed by atoms with Crippen LogP contribution in [0.5, 0.6) is 0 Å². The second-order valence-corrected chi connectivity index (χ2v) is 4.89. The summed E-state index contributed by atoms with van der Waals surface area (Å²) in [5.74, 6) is -0.730. The van der Waals surface area contributed by atoms with Gasteiger partial charge in [-0.1, -0.05) is 60.7 Å². The van der Waals surface area contributed by atoms with Crippen LogP contribution in [0.25, 0.3) is 11.1 Å². The van der Waals surface area contributed by atoms with Gasteiger partial charge in [0.25, 0.3) is 0 Å². The maximum Gasteiger partial charge on any atom is 0.198 e. The summed E-state index contributed by atoms with van der Waals surface area (Å²) in [7, 11) is 0. The van der Waals surface area contributed by atoms with Crippen molar-refractivity contribution in [2.45, 2.75) is 26.2 Å². The first-order chi connectivity index (χ1) is 10.6. The maximum absolute atomic E-state index is 10.6. The van der Waals surface area contributed by atoms with E-state index >= 15 is 0 Å². The lowest BCUT2D eigenvalue weighted by atomic mass is 10.1. The summed E-state index contributed by atoms with van der Waals surface area (Å²) in [5, 5.41) is 8.32. The zero-order valence-corrected chi connectivity index (χ0v) is 12.9.